The Kier molecular flexibility index (Phi) is 3.49. The number of methoxy groups -OCH3 is 1. The van der Waals surface area contributed by atoms with Crippen LogP contribution in [0.25, 0.3) is 0 Å². The van der Waals surface area contributed by atoms with Crippen LogP contribution in [-0.2, 0) is 6.42 Å². The zero-order valence-corrected chi connectivity index (χ0v) is 9.96. The molecule has 2 aromatic rings. The Morgan fingerprint density at radius 1 is 1.53 bits per heavy atom. The number of thiazole rings is 1. The lowest BCUT2D eigenvalue weighted by atomic mass is 10.1. The minimum Gasteiger partial charge on any atom is -0.494 e. The molecule has 0 unspecified atom stereocenters. The predicted octanol–water partition coefficient (Wildman–Crippen LogP) is 2.72. The number of hydrogen-bond acceptors (Lipinski definition) is 4. The molecule has 88 valence electrons. The van der Waals surface area contributed by atoms with Gasteiger partial charge in [-0.15, -0.1) is 11.3 Å². The van der Waals surface area contributed by atoms with Crippen molar-refractivity contribution in [2.75, 3.05) is 7.11 Å². The number of hydrogen-bond donors (Lipinski definition) is 0. The number of carbonyl (C=O) groups is 1. The molecule has 0 spiro atoms. The predicted molar refractivity (Wildman–Crippen MR) is 63.1 cm³/mol. The van der Waals surface area contributed by atoms with Gasteiger partial charge in [0.05, 0.1) is 13.5 Å². The summed E-state index contributed by atoms with van der Waals surface area (Å²) in [6.07, 6.45) is 1.84. The molecule has 0 saturated heterocycles. The van der Waals surface area contributed by atoms with E-state index >= 15 is 0 Å². The van der Waals surface area contributed by atoms with Gasteiger partial charge in [-0.05, 0) is 18.2 Å². The largest absolute Gasteiger partial charge is 0.494 e. The van der Waals surface area contributed by atoms with Crippen molar-refractivity contribution in [1.82, 2.24) is 4.98 Å². The Labute approximate surface area is 102 Å². The SMILES string of the molecule is COc1ccc(C(=O)Cc2nccs2)cc1F. The molecule has 2 rings (SSSR count). The zero-order chi connectivity index (χ0) is 12.3. The Balaban J connectivity index is 2.17. The minimum absolute atomic E-state index is 0.135. The molecular weight excluding hydrogens is 241 g/mol. The van der Waals surface area contributed by atoms with Gasteiger partial charge in [-0.25, -0.2) is 9.37 Å². The Morgan fingerprint density at radius 3 is 2.94 bits per heavy atom. The Morgan fingerprint density at radius 2 is 2.35 bits per heavy atom. The first-order valence-corrected chi connectivity index (χ1v) is 5.84. The van der Waals surface area contributed by atoms with Crippen molar-refractivity contribution in [3.8, 4) is 5.75 Å². The molecule has 0 aliphatic carbocycles. The van der Waals surface area contributed by atoms with Crippen molar-refractivity contribution in [3.05, 3.63) is 46.2 Å². The minimum atomic E-state index is -0.530. The van der Waals surface area contributed by atoms with Crippen LogP contribution < -0.4 is 4.74 Å². The van der Waals surface area contributed by atoms with E-state index in [1.807, 2.05) is 0 Å². The third kappa shape index (κ3) is 2.68. The lowest BCUT2D eigenvalue weighted by Gasteiger charge is -2.03. The summed E-state index contributed by atoms with van der Waals surface area (Å²) in [4.78, 5) is 15.8. The number of ether oxygens (including phenoxy) is 1. The second-order valence-corrected chi connectivity index (χ2v) is 4.35. The van der Waals surface area contributed by atoms with Crippen LogP contribution >= 0.6 is 11.3 Å². The van der Waals surface area contributed by atoms with Crippen LogP contribution in [0.2, 0.25) is 0 Å². The monoisotopic (exact) mass is 251 g/mol. The highest BCUT2D eigenvalue weighted by Gasteiger charge is 2.11. The maximum absolute atomic E-state index is 13.4. The number of rotatable bonds is 4. The quantitative estimate of drug-likeness (QED) is 0.784. The van der Waals surface area contributed by atoms with Crippen LogP contribution in [0.15, 0.2) is 29.8 Å². The van der Waals surface area contributed by atoms with Crippen molar-refractivity contribution in [3.63, 3.8) is 0 Å². The standard InChI is InChI=1S/C12H10FNO2S/c1-16-11-3-2-8(6-9(11)13)10(15)7-12-14-4-5-17-12/h2-6H,7H2,1H3. The molecule has 1 aromatic carbocycles. The third-order valence-corrected chi connectivity index (χ3v) is 3.05. The van der Waals surface area contributed by atoms with Crippen molar-refractivity contribution in [2.24, 2.45) is 0 Å². The normalized spacial score (nSPS) is 10.2. The van der Waals surface area contributed by atoms with Gasteiger partial charge in [0.2, 0.25) is 0 Å². The maximum atomic E-state index is 13.4. The van der Waals surface area contributed by atoms with E-state index in [4.69, 9.17) is 4.74 Å². The third-order valence-electron chi connectivity index (χ3n) is 2.27. The molecule has 17 heavy (non-hydrogen) atoms. The summed E-state index contributed by atoms with van der Waals surface area (Å²) in [5, 5.41) is 2.53. The number of carbonyl (C=O) groups excluding carboxylic acids is 1. The highest BCUT2D eigenvalue weighted by atomic mass is 32.1. The van der Waals surface area contributed by atoms with Gasteiger partial charge in [-0.1, -0.05) is 0 Å². The van der Waals surface area contributed by atoms with E-state index in [9.17, 15) is 9.18 Å². The second kappa shape index (κ2) is 5.05. The van der Waals surface area contributed by atoms with E-state index in [2.05, 4.69) is 4.98 Å². The fraction of sp³-hybridized carbons (Fsp3) is 0.167. The summed E-state index contributed by atoms with van der Waals surface area (Å²) in [6, 6.07) is 4.19. The van der Waals surface area contributed by atoms with Crippen molar-refractivity contribution in [1.29, 1.82) is 0 Å². The summed E-state index contributed by atoms with van der Waals surface area (Å²) in [7, 11) is 1.38. The van der Waals surface area contributed by atoms with Gasteiger partial charge in [0.15, 0.2) is 17.3 Å². The Bertz CT molecular complexity index is 525. The van der Waals surface area contributed by atoms with E-state index in [-0.39, 0.29) is 18.0 Å². The summed E-state index contributed by atoms with van der Waals surface area (Å²) in [5.74, 6) is -0.546. The van der Waals surface area contributed by atoms with Gasteiger partial charge < -0.3 is 4.74 Å². The van der Waals surface area contributed by atoms with Gasteiger partial charge in [0.1, 0.15) is 5.01 Å². The van der Waals surface area contributed by atoms with Gasteiger partial charge >= 0.3 is 0 Å². The molecule has 0 saturated carbocycles. The molecule has 0 radical (unpaired) electrons. The number of aromatic nitrogens is 1. The van der Waals surface area contributed by atoms with Crippen LogP contribution in [0.5, 0.6) is 5.75 Å². The summed E-state index contributed by atoms with van der Waals surface area (Å²) in [5.41, 5.74) is 0.332. The van der Waals surface area contributed by atoms with Crippen molar-refractivity contribution >= 4 is 17.1 Å². The first-order chi connectivity index (χ1) is 8.20. The number of halogens is 1. The number of Topliss-reactive ketones (excluding diaryl/α,β-unsaturated/α-hetero) is 1. The highest BCUT2D eigenvalue weighted by Crippen LogP contribution is 2.19. The number of ketones is 1. The van der Waals surface area contributed by atoms with E-state index < -0.39 is 5.82 Å². The Hall–Kier alpha value is -1.75. The van der Waals surface area contributed by atoms with E-state index in [0.29, 0.717) is 5.56 Å². The number of benzene rings is 1. The first-order valence-electron chi connectivity index (χ1n) is 4.96. The first kappa shape index (κ1) is 11.7. The average Bonchev–Trinajstić information content (AvgIpc) is 2.81. The van der Waals surface area contributed by atoms with E-state index in [0.717, 1.165) is 5.01 Å². The van der Waals surface area contributed by atoms with Gasteiger partial charge in [-0.2, -0.15) is 0 Å². The van der Waals surface area contributed by atoms with E-state index in [1.54, 1.807) is 17.6 Å². The van der Waals surface area contributed by atoms with Crippen LogP contribution in [0.1, 0.15) is 15.4 Å². The molecule has 0 aliphatic heterocycles. The number of nitrogens with zero attached hydrogens (tertiary/aromatic N) is 1. The molecule has 0 atom stereocenters. The van der Waals surface area contributed by atoms with Crippen molar-refractivity contribution < 1.29 is 13.9 Å². The van der Waals surface area contributed by atoms with Gasteiger partial charge in [0.25, 0.3) is 0 Å². The molecule has 0 amide bonds. The molecule has 1 aromatic heterocycles. The fourth-order valence-corrected chi connectivity index (χ4v) is 2.03. The molecule has 3 nitrogen and oxygen atoms in total. The lowest BCUT2D eigenvalue weighted by molar-refractivity contribution is 0.0992. The summed E-state index contributed by atoms with van der Waals surface area (Å²) < 4.78 is 18.2. The van der Waals surface area contributed by atoms with Crippen molar-refractivity contribution in [2.45, 2.75) is 6.42 Å². The molecule has 0 bridgehead atoms. The average molecular weight is 251 g/mol. The lowest BCUT2D eigenvalue weighted by Crippen LogP contribution is -2.04. The van der Waals surface area contributed by atoms with E-state index in [1.165, 1.54) is 30.6 Å². The maximum Gasteiger partial charge on any atom is 0.169 e. The van der Waals surface area contributed by atoms with Crippen LogP contribution in [0.4, 0.5) is 4.39 Å². The molecule has 0 fully saturated rings. The topological polar surface area (TPSA) is 39.2 Å². The highest BCUT2D eigenvalue weighted by molar-refractivity contribution is 7.09. The fourth-order valence-electron chi connectivity index (χ4n) is 1.42. The zero-order valence-electron chi connectivity index (χ0n) is 9.14. The summed E-state index contributed by atoms with van der Waals surface area (Å²) >= 11 is 1.41. The van der Waals surface area contributed by atoms with Crippen LogP contribution in [0, 0.1) is 5.82 Å². The molecule has 5 heteroatoms. The molecule has 0 N–H and O–H groups in total. The summed E-state index contributed by atoms with van der Waals surface area (Å²) in [6.45, 7) is 0. The second-order valence-electron chi connectivity index (χ2n) is 3.38. The molecule has 1 heterocycles. The molecular formula is C12H10FNO2S. The van der Waals surface area contributed by atoms with Gasteiger partial charge in [-0.3, -0.25) is 4.79 Å². The molecule has 0 aliphatic rings. The van der Waals surface area contributed by atoms with Crippen LogP contribution in [0.3, 0.4) is 0 Å². The van der Waals surface area contributed by atoms with Crippen LogP contribution in [-0.4, -0.2) is 17.9 Å². The van der Waals surface area contributed by atoms with Gasteiger partial charge in [0, 0.05) is 17.1 Å². The smallest absolute Gasteiger partial charge is 0.169 e.